The highest BCUT2D eigenvalue weighted by molar-refractivity contribution is 5.87. The fourth-order valence-electron chi connectivity index (χ4n) is 3.35. The van der Waals surface area contributed by atoms with E-state index in [-0.39, 0.29) is 19.5 Å². The second-order valence-electron chi connectivity index (χ2n) is 8.74. The Morgan fingerprint density at radius 2 is 1.52 bits per heavy atom. The maximum Gasteiger partial charge on any atom is 0.411 e. The Balaban J connectivity index is 2.26. The molecule has 8 nitrogen and oxygen atoms in total. The van der Waals surface area contributed by atoms with E-state index in [0.717, 1.165) is 0 Å². The number of amides is 2. The van der Waals surface area contributed by atoms with E-state index in [1.807, 2.05) is 0 Å². The van der Waals surface area contributed by atoms with Gasteiger partial charge in [-0.25, -0.2) is 14.4 Å². The first-order valence-corrected chi connectivity index (χ1v) is 8.49. The van der Waals surface area contributed by atoms with Crippen LogP contribution in [0, 0.1) is 0 Å². The molecule has 2 heterocycles. The number of carbonyl (C=O) groups excluding carboxylic acids is 2. The minimum Gasteiger partial charge on any atom is -0.479 e. The number of piperazine rings is 1. The normalized spacial score (nSPS) is 26.4. The number of rotatable bonds is 1. The van der Waals surface area contributed by atoms with Gasteiger partial charge in [-0.2, -0.15) is 0 Å². The molecule has 0 aliphatic carbocycles. The molecule has 2 aliphatic rings. The van der Waals surface area contributed by atoms with Gasteiger partial charge in [-0.3, -0.25) is 4.90 Å². The number of carbonyl (C=O) groups is 3. The van der Waals surface area contributed by atoms with Crippen LogP contribution in [0.3, 0.4) is 0 Å². The summed E-state index contributed by atoms with van der Waals surface area (Å²) < 4.78 is 10.8. The summed E-state index contributed by atoms with van der Waals surface area (Å²) >= 11 is 0. The van der Waals surface area contributed by atoms with Crippen LogP contribution in [0.1, 0.15) is 54.4 Å². The third-order valence-electron chi connectivity index (χ3n) is 4.24. The maximum absolute atomic E-state index is 12.6. The zero-order chi connectivity index (χ0) is 19.2. The molecule has 2 aliphatic heterocycles. The van der Waals surface area contributed by atoms with Crippen LogP contribution < -0.4 is 0 Å². The topological polar surface area (TPSA) is 96.4 Å². The van der Waals surface area contributed by atoms with Crippen LogP contribution in [0.25, 0.3) is 0 Å². The van der Waals surface area contributed by atoms with E-state index in [4.69, 9.17) is 9.47 Å². The Kier molecular flexibility index (Phi) is 4.69. The summed E-state index contributed by atoms with van der Waals surface area (Å²) in [5.41, 5.74) is -2.87. The van der Waals surface area contributed by atoms with Crippen molar-refractivity contribution >= 4 is 18.2 Å². The van der Waals surface area contributed by atoms with Crippen LogP contribution in [0.5, 0.6) is 0 Å². The number of fused-ring (bicyclic) bond motifs is 2. The number of carboxylic acids is 1. The van der Waals surface area contributed by atoms with Crippen molar-refractivity contribution in [3.8, 4) is 0 Å². The van der Waals surface area contributed by atoms with Crippen LogP contribution in [0.2, 0.25) is 0 Å². The predicted molar refractivity (Wildman–Crippen MR) is 89.3 cm³/mol. The molecule has 0 saturated carbocycles. The van der Waals surface area contributed by atoms with Gasteiger partial charge in [0, 0.05) is 6.54 Å². The number of carboxylic acid groups (broad SMARTS) is 1. The third-order valence-corrected chi connectivity index (χ3v) is 4.24. The van der Waals surface area contributed by atoms with E-state index >= 15 is 0 Å². The summed E-state index contributed by atoms with van der Waals surface area (Å²) in [5, 5.41) is 9.84. The first-order valence-electron chi connectivity index (χ1n) is 8.49. The van der Waals surface area contributed by atoms with Crippen LogP contribution in [-0.4, -0.2) is 68.9 Å². The molecule has 25 heavy (non-hydrogen) atoms. The minimum atomic E-state index is -1.47. The minimum absolute atomic E-state index is 0.104. The largest absolute Gasteiger partial charge is 0.479 e. The Morgan fingerprint density at radius 3 is 2.00 bits per heavy atom. The molecule has 2 unspecified atom stereocenters. The second kappa shape index (κ2) is 6.07. The molecule has 8 heteroatoms. The molecule has 2 rings (SSSR count). The molecule has 0 aromatic carbocycles. The van der Waals surface area contributed by atoms with E-state index in [2.05, 4.69) is 0 Å². The van der Waals surface area contributed by atoms with E-state index in [1.54, 1.807) is 41.5 Å². The summed E-state index contributed by atoms with van der Waals surface area (Å²) in [6.45, 7) is 10.6. The highest BCUT2D eigenvalue weighted by Crippen LogP contribution is 2.40. The zero-order valence-corrected chi connectivity index (χ0v) is 15.8. The van der Waals surface area contributed by atoms with Crippen molar-refractivity contribution in [3.05, 3.63) is 0 Å². The predicted octanol–water partition coefficient (Wildman–Crippen LogP) is 2.46. The number of ether oxygens (including phenoxy) is 2. The van der Waals surface area contributed by atoms with Crippen molar-refractivity contribution in [2.45, 2.75) is 77.2 Å². The highest BCUT2D eigenvalue weighted by Gasteiger charge is 2.60. The SMILES string of the molecule is CC(C)(C)OC(=O)N1CC2CCC(C(=O)O)(C1)N2C(=O)OC(C)(C)C. The molecule has 2 amide bonds. The molecule has 2 atom stereocenters. The van der Waals surface area contributed by atoms with E-state index < -0.39 is 40.9 Å². The smallest absolute Gasteiger partial charge is 0.411 e. The van der Waals surface area contributed by atoms with Crippen molar-refractivity contribution in [1.29, 1.82) is 0 Å². The first kappa shape index (κ1) is 19.3. The molecular formula is C17H28N2O6. The molecule has 2 saturated heterocycles. The van der Waals surface area contributed by atoms with Gasteiger partial charge in [-0.15, -0.1) is 0 Å². The summed E-state index contributed by atoms with van der Waals surface area (Å²) in [5.74, 6) is -1.13. The van der Waals surface area contributed by atoms with Crippen molar-refractivity contribution in [3.63, 3.8) is 0 Å². The molecular weight excluding hydrogens is 328 g/mol. The highest BCUT2D eigenvalue weighted by atomic mass is 16.6. The van der Waals surface area contributed by atoms with Crippen LogP contribution in [0.15, 0.2) is 0 Å². The lowest BCUT2D eigenvalue weighted by molar-refractivity contribution is -0.154. The van der Waals surface area contributed by atoms with Crippen LogP contribution >= 0.6 is 0 Å². The van der Waals surface area contributed by atoms with E-state index in [1.165, 1.54) is 9.80 Å². The lowest BCUT2D eigenvalue weighted by atomic mass is 9.95. The summed E-state index contributed by atoms with van der Waals surface area (Å²) in [4.78, 5) is 39.7. The van der Waals surface area contributed by atoms with Gasteiger partial charge < -0.3 is 19.5 Å². The molecule has 2 bridgehead atoms. The zero-order valence-electron chi connectivity index (χ0n) is 15.8. The van der Waals surface area contributed by atoms with Gasteiger partial charge in [0.2, 0.25) is 0 Å². The van der Waals surface area contributed by atoms with E-state index in [9.17, 15) is 19.5 Å². The molecule has 0 aromatic heterocycles. The maximum atomic E-state index is 12.6. The van der Waals surface area contributed by atoms with Gasteiger partial charge >= 0.3 is 18.2 Å². The second-order valence-corrected chi connectivity index (χ2v) is 8.74. The van der Waals surface area contributed by atoms with Gasteiger partial charge in [0.05, 0.1) is 12.6 Å². The summed E-state index contributed by atoms with van der Waals surface area (Å²) in [7, 11) is 0. The number of nitrogens with zero attached hydrogens (tertiary/aromatic N) is 2. The van der Waals surface area contributed by atoms with Gasteiger partial charge in [-0.05, 0) is 54.4 Å². The molecule has 1 N–H and O–H groups in total. The number of hydrogen-bond acceptors (Lipinski definition) is 5. The number of aliphatic carboxylic acids is 1. The molecule has 0 spiro atoms. The Labute approximate surface area is 148 Å². The lowest BCUT2D eigenvalue weighted by Crippen LogP contribution is -2.68. The molecule has 142 valence electrons. The fourth-order valence-corrected chi connectivity index (χ4v) is 3.35. The van der Waals surface area contributed by atoms with Gasteiger partial charge in [-0.1, -0.05) is 0 Å². The number of hydrogen-bond donors (Lipinski definition) is 1. The van der Waals surface area contributed by atoms with Crippen molar-refractivity contribution in [1.82, 2.24) is 9.80 Å². The average molecular weight is 356 g/mol. The van der Waals surface area contributed by atoms with Gasteiger partial charge in [0.1, 0.15) is 11.2 Å². The van der Waals surface area contributed by atoms with E-state index in [0.29, 0.717) is 6.42 Å². The van der Waals surface area contributed by atoms with Crippen molar-refractivity contribution in [2.75, 3.05) is 13.1 Å². The Hall–Kier alpha value is -1.99. The van der Waals surface area contributed by atoms with Crippen molar-refractivity contribution < 1.29 is 29.0 Å². The van der Waals surface area contributed by atoms with Gasteiger partial charge in [0.25, 0.3) is 0 Å². The molecule has 0 radical (unpaired) electrons. The summed E-state index contributed by atoms with van der Waals surface area (Å²) in [6, 6.07) is -0.396. The average Bonchev–Trinajstić information content (AvgIpc) is 2.63. The van der Waals surface area contributed by atoms with Crippen LogP contribution in [0.4, 0.5) is 9.59 Å². The lowest BCUT2D eigenvalue weighted by Gasteiger charge is -2.46. The monoisotopic (exact) mass is 356 g/mol. The quantitative estimate of drug-likeness (QED) is 0.775. The fraction of sp³-hybridized carbons (Fsp3) is 0.824. The van der Waals surface area contributed by atoms with Crippen molar-refractivity contribution in [2.24, 2.45) is 0 Å². The molecule has 2 fully saturated rings. The standard InChI is InChI=1S/C17H28N2O6/c1-15(2,3)24-13(22)18-9-11-7-8-17(10-18,12(20)21)19(11)14(23)25-16(4,5)6/h11H,7-10H2,1-6H3,(H,20,21). The molecule has 0 aromatic rings. The van der Waals surface area contributed by atoms with Crippen LogP contribution in [-0.2, 0) is 14.3 Å². The first-order chi connectivity index (χ1) is 11.3. The third kappa shape index (κ3) is 3.99. The Morgan fingerprint density at radius 1 is 1.00 bits per heavy atom. The number of likely N-dealkylation sites (tertiary alicyclic amines) is 1. The summed E-state index contributed by atoms with van der Waals surface area (Å²) in [6.07, 6.45) is -0.425. The Bertz CT molecular complexity index is 577. The van der Waals surface area contributed by atoms with Gasteiger partial charge in [0.15, 0.2) is 5.54 Å².